The Labute approximate surface area is 116 Å². The van der Waals surface area contributed by atoms with Gasteiger partial charge in [-0.05, 0) is 22.0 Å². The largest absolute Gasteiger partial charge is 0.492 e. The van der Waals surface area contributed by atoms with Gasteiger partial charge in [0.15, 0.2) is 0 Å². The molecule has 1 atom stereocenters. The first-order valence-electron chi connectivity index (χ1n) is 5.64. The van der Waals surface area contributed by atoms with Crippen LogP contribution in [0.25, 0.3) is 0 Å². The maximum Gasteiger partial charge on any atom is 0.397 e. The molecule has 19 heavy (non-hydrogen) atoms. The van der Waals surface area contributed by atoms with E-state index in [1.807, 2.05) is 0 Å². The van der Waals surface area contributed by atoms with Crippen molar-refractivity contribution in [3.63, 3.8) is 0 Å². The van der Waals surface area contributed by atoms with Crippen LogP contribution in [0.3, 0.4) is 0 Å². The number of carbonyl (C=O) groups excluding carboxylic acids is 1. The Morgan fingerprint density at radius 2 is 2.21 bits per heavy atom. The van der Waals surface area contributed by atoms with Crippen LogP contribution in [0.5, 0.6) is 5.75 Å². The van der Waals surface area contributed by atoms with Gasteiger partial charge in [0.1, 0.15) is 12.2 Å². The van der Waals surface area contributed by atoms with E-state index >= 15 is 0 Å². The van der Waals surface area contributed by atoms with Crippen LogP contribution in [0.15, 0.2) is 22.7 Å². The summed E-state index contributed by atoms with van der Waals surface area (Å²) in [6.07, 6.45) is -5.50. The molecule has 0 radical (unpaired) electrons. The summed E-state index contributed by atoms with van der Waals surface area (Å²) >= 11 is 3.31. The molecule has 0 saturated carbocycles. The highest BCUT2D eigenvalue weighted by Crippen LogP contribution is 2.37. The fourth-order valence-electron chi connectivity index (χ4n) is 1.96. The third-order valence-electron chi connectivity index (χ3n) is 2.72. The first-order chi connectivity index (χ1) is 8.87. The van der Waals surface area contributed by atoms with Gasteiger partial charge in [-0.15, -0.1) is 0 Å². The maximum atomic E-state index is 12.1. The van der Waals surface area contributed by atoms with Crippen LogP contribution in [-0.2, 0) is 4.79 Å². The first kappa shape index (κ1) is 14.2. The molecule has 1 heterocycles. The number of hydrogen-bond acceptors (Lipinski definition) is 2. The standard InChI is InChI=1S/C12H11BrF3NO2/c13-8-3-1-2-7-9(4-5-19-11(7)8)17-10(18)6-12(14,15)16/h1-3,9H,4-6H2,(H,17,18)/t9-/m1/s1. The smallest absolute Gasteiger partial charge is 0.397 e. The van der Waals surface area contributed by atoms with E-state index in [1.54, 1.807) is 18.2 Å². The normalized spacial score (nSPS) is 18.4. The molecule has 1 aromatic carbocycles. The van der Waals surface area contributed by atoms with Crippen molar-refractivity contribution >= 4 is 21.8 Å². The van der Waals surface area contributed by atoms with Crippen LogP contribution in [0.4, 0.5) is 13.2 Å². The number of carbonyl (C=O) groups is 1. The van der Waals surface area contributed by atoms with E-state index in [0.29, 0.717) is 24.3 Å². The van der Waals surface area contributed by atoms with Crippen molar-refractivity contribution in [3.05, 3.63) is 28.2 Å². The van der Waals surface area contributed by atoms with Crippen molar-refractivity contribution < 1.29 is 22.7 Å². The zero-order valence-electron chi connectivity index (χ0n) is 9.76. The summed E-state index contributed by atoms with van der Waals surface area (Å²) in [6.45, 7) is 0.354. The van der Waals surface area contributed by atoms with Gasteiger partial charge in [0, 0.05) is 12.0 Å². The van der Waals surface area contributed by atoms with E-state index in [4.69, 9.17) is 4.74 Å². The number of rotatable bonds is 2. The van der Waals surface area contributed by atoms with E-state index in [-0.39, 0.29) is 0 Å². The number of amides is 1. The number of alkyl halides is 3. The highest BCUT2D eigenvalue weighted by atomic mass is 79.9. The summed E-state index contributed by atoms with van der Waals surface area (Å²) < 4.78 is 42.6. The topological polar surface area (TPSA) is 38.3 Å². The molecule has 3 nitrogen and oxygen atoms in total. The van der Waals surface area contributed by atoms with Crippen molar-refractivity contribution in [2.75, 3.05) is 6.61 Å². The first-order valence-corrected chi connectivity index (χ1v) is 6.43. The minimum Gasteiger partial charge on any atom is -0.492 e. The molecule has 0 unspecified atom stereocenters. The zero-order chi connectivity index (χ0) is 14.0. The van der Waals surface area contributed by atoms with Crippen molar-refractivity contribution in [2.24, 2.45) is 0 Å². The second kappa shape index (κ2) is 5.40. The van der Waals surface area contributed by atoms with E-state index < -0.39 is 24.5 Å². The minimum atomic E-state index is -4.49. The average molecular weight is 338 g/mol. The molecule has 1 aromatic rings. The summed E-state index contributed by atoms with van der Waals surface area (Å²) in [7, 11) is 0. The molecule has 0 bridgehead atoms. The third-order valence-corrected chi connectivity index (χ3v) is 3.35. The van der Waals surface area contributed by atoms with Crippen LogP contribution in [0.1, 0.15) is 24.4 Å². The Morgan fingerprint density at radius 1 is 1.47 bits per heavy atom. The molecule has 1 aliphatic heterocycles. The van der Waals surface area contributed by atoms with Gasteiger partial charge in [0.05, 0.1) is 17.1 Å². The Kier molecular flexibility index (Phi) is 4.03. The lowest BCUT2D eigenvalue weighted by molar-refractivity contribution is -0.154. The maximum absolute atomic E-state index is 12.1. The molecule has 104 valence electrons. The SMILES string of the molecule is O=C(CC(F)(F)F)N[C@@H]1CCOc2c(Br)cccc21. The van der Waals surface area contributed by atoms with E-state index in [1.165, 1.54) is 0 Å². The molecule has 0 saturated heterocycles. The Bertz CT molecular complexity index is 490. The lowest BCUT2D eigenvalue weighted by Crippen LogP contribution is -2.34. The summed E-state index contributed by atoms with van der Waals surface area (Å²) in [6, 6.07) is 4.81. The number of nitrogens with one attached hydrogen (secondary N) is 1. The van der Waals surface area contributed by atoms with Gasteiger partial charge in [-0.3, -0.25) is 4.79 Å². The minimum absolute atomic E-state index is 0.354. The number of benzene rings is 1. The zero-order valence-corrected chi connectivity index (χ0v) is 11.3. The number of fused-ring (bicyclic) bond motifs is 1. The Balaban J connectivity index is 2.12. The van der Waals surface area contributed by atoms with Gasteiger partial charge in [-0.2, -0.15) is 13.2 Å². The molecular weight excluding hydrogens is 327 g/mol. The van der Waals surface area contributed by atoms with Crippen molar-refractivity contribution in [2.45, 2.75) is 25.1 Å². The van der Waals surface area contributed by atoms with E-state index in [2.05, 4.69) is 21.2 Å². The second-order valence-corrected chi connectivity index (χ2v) is 5.06. The second-order valence-electron chi connectivity index (χ2n) is 4.21. The van der Waals surface area contributed by atoms with Crippen molar-refractivity contribution in [1.82, 2.24) is 5.32 Å². The number of para-hydroxylation sites is 1. The third kappa shape index (κ3) is 3.62. The van der Waals surface area contributed by atoms with Gasteiger partial charge in [0.2, 0.25) is 5.91 Å². The molecule has 7 heteroatoms. The average Bonchev–Trinajstić information content (AvgIpc) is 2.28. The quantitative estimate of drug-likeness (QED) is 0.898. The van der Waals surface area contributed by atoms with Gasteiger partial charge >= 0.3 is 6.18 Å². The molecule has 1 N–H and O–H groups in total. The molecule has 0 spiro atoms. The molecule has 0 aliphatic carbocycles. The molecule has 0 aromatic heterocycles. The van der Waals surface area contributed by atoms with Crippen LogP contribution in [-0.4, -0.2) is 18.7 Å². The van der Waals surface area contributed by atoms with Crippen LogP contribution in [0.2, 0.25) is 0 Å². The van der Waals surface area contributed by atoms with Crippen LogP contribution in [0, 0.1) is 0 Å². The van der Waals surface area contributed by atoms with Crippen molar-refractivity contribution in [1.29, 1.82) is 0 Å². The summed E-state index contributed by atoms with van der Waals surface area (Å²) in [5, 5.41) is 2.40. The van der Waals surface area contributed by atoms with E-state index in [0.717, 1.165) is 4.47 Å². The number of hydrogen-bond donors (Lipinski definition) is 1. The molecule has 0 fully saturated rings. The van der Waals surface area contributed by atoms with Gasteiger partial charge in [-0.1, -0.05) is 12.1 Å². The molecular formula is C12H11BrF3NO2. The Hall–Kier alpha value is -1.24. The summed E-state index contributed by atoms with van der Waals surface area (Å²) in [4.78, 5) is 11.3. The summed E-state index contributed by atoms with van der Waals surface area (Å²) in [5.74, 6) is -0.448. The Morgan fingerprint density at radius 3 is 2.89 bits per heavy atom. The van der Waals surface area contributed by atoms with Gasteiger partial charge < -0.3 is 10.1 Å². The highest BCUT2D eigenvalue weighted by Gasteiger charge is 2.33. The molecule has 2 rings (SSSR count). The van der Waals surface area contributed by atoms with Gasteiger partial charge in [-0.25, -0.2) is 0 Å². The van der Waals surface area contributed by atoms with Gasteiger partial charge in [0.25, 0.3) is 0 Å². The molecule has 1 aliphatic rings. The fraction of sp³-hybridized carbons (Fsp3) is 0.417. The van der Waals surface area contributed by atoms with Crippen LogP contribution < -0.4 is 10.1 Å². The molecule has 1 amide bonds. The monoisotopic (exact) mass is 337 g/mol. The lowest BCUT2D eigenvalue weighted by Gasteiger charge is -2.27. The van der Waals surface area contributed by atoms with Crippen LogP contribution >= 0.6 is 15.9 Å². The lowest BCUT2D eigenvalue weighted by atomic mass is 10.0. The predicted molar refractivity (Wildman–Crippen MR) is 65.8 cm³/mol. The van der Waals surface area contributed by atoms with Crippen molar-refractivity contribution in [3.8, 4) is 5.75 Å². The highest BCUT2D eigenvalue weighted by molar-refractivity contribution is 9.10. The predicted octanol–water partition coefficient (Wildman–Crippen LogP) is 3.34. The summed E-state index contributed by atoms with van der Waals surface area (Å²) in [5.41, 5.74) is 0.691. The number of halogens is 4. The van der Waals surface area contributed by atoms with E-state index in [9.17, 15) is 18.0 Å². The number of ether oxygens (including phenoxy) is 1. The fourth-order valence-corrected chi connectivity index (χ4v) is 2.46.